The first-order valence-electron chi connectivity index (χ1n) is 5.49. The van der Waals surface area contributed by atoms with Crippen LogP contribution in [0.1, 0.15) is 0 Å². The normalized spacial score (nSPS) is 10.9. The summed E-state index contributed by atoms with van der Waals surface area (Å²) in [6, 6.07) is 6.04. The van der Waals surface area contributed by atoms with Crippen LogP contribution in [-0.4, -0.2) is 8.75 Å². The summed E-state index contributed by atoms with van der Waals surface area (Å²) in [7, 11) is 0. The molecule has 0 aliphatic carbocycles. The average molecular weight is 329 g/mol. The van der Waals surface area contributed by atoms with E-state index in [9.17, 15) is 4.39 Å². The van der Waals surface area contributed by atoms with Crippen LogP contribution in [0.25, 0.3) is 11.0 Å². The van der Waals surface area contributed by atoms with Crippen LogP contribution in [0.5, 0.6) is 0 Å². The third-order valence-electron chi connectivity index (χ3n) is 2.76. The fourth-order valence-electron chi connectivity index (χ4n) is 1.77. The summed E-state index contributed by atoms with van der Waals surface area (Å²) in [5, 5.41) is 3.76. The van der Waals surface area contributed by atoms with Crippen LogP contribution in [0.2, 0.25) is 10.0 Å². The highest BCUT2D eigenvalue weighted by Crippen LogP contribution is 2.38. The summed E-state index contributed by atoms with van der Waals surface area (Å²) in [5.41, 5.74) is 7.67. The van der Waals surface area contributed by atoms with Gasteiger partial charge in [0.25, 0.3) is 0 Å². The van der Waals surface area contributed by atoms with Crippen molar-refractivity contribution in [1.82, 2.24) is 8.75 Å². The van der Waals surface area contributed by atoms with E-state index < -0.39 is 5.82 Å². The molecule has 0 spiro atoms. The molecule has 2 aromatic carbocycles. The molecule has 1 aromatic heterocycles. The highest BCUT2D eigenvalue weighted by Gasteiger charge is 2.15. The molecule has 3 rings (SSSR count). The minimum absolute atomic E-state index is 0.00913. The molecule has 3 aromatic rings. The van der Waals surface area contributed by atoms with E-state index in [-0.39, 0.29) is 5.69 Å². The number of hydrogen-bond donors (Lipinski definition) is 2. The average Bonchev–Trinajstić information content (AvgIpc) is 2.89. The van der Waals surface area contributed by atoms with Crippen molar-refractivity contribution >= 4 is 63.0 Å². The summed E-state index contributed by atoms with van der Waals surface area (Å²) < 4.78 is 21.7. The molecule has 0 radical (unpaired) electrons. The van der Waals surface area contributed by atoms with Gasteiger partial charge in [-0.15, -0.1) is 0 Å². The first kappa shape index (κ1) is 13.4. The Hall–Kier alpha value is -1.63. The molecule has 4 nitrogen and oxygen atoms in total. The zero-order valence-electron chi connectivity index (χ0n) is 9.82. The van der Waals surface area contributed by atoms with E-state index in [0.717, 1.165) is 11.7 Å². The highest BCUT2D eigenvalue weighted by atomic mass is 35.5. The summed E-state index contributed by atoms with van der Waals surface area (Å²) in [6.45, 7) is 0. The van der Waals surface area contributed by atoms with E-state index in [1.807, 2.05) is 0 Å². The van der Waals surface area contributed by atoms with Crippen LogP contribution in [0.15, 0.2) is 24.3 Å². The van der Waals surface area contributed by atoms with Crippen LogP contribution in [0.4, 0.5) is 21.5 Å². The maximum Gasteiger partial charge on any atom is 0.148 e. The second-order valence-corrected chi connectivity index (χ2v) is 5.35. The molecule has 1 heterocycles. The van der Waals surface area contributed by atoms with E-state index in [0.29, 0.717) is 32.5 Å². The predicted molar refractivity (Wildman–Crippen MR) is 81.5 cm³/mol. The summed E-state index contributed by atoms with van der Waals surface area (Å²) in [6.07, 6.45) is 0. The fraction of sp³-hybridized carbons (Fsp3) is 0. The Balaban J connectivity index is 2.16. The van der Waals surface area contributed by atoms with Gasteiger partial charge in [0, 0.05) is 0 Å². The molecule has 0 aliphatic rings. The number of benzene rings is 2. The molecule has 0 fully saturated rings. The second kappa shape index (κ2) is 5.05. The van der Waals surface area contributed by atoms with Gasteiger partial charge >= 0.3 is 0 Å². The van der Waals surface area contributed by atoms with Gasteiger partial charge in [0.2, 0.25) is 0 Å². The van der Waals surface area contributed by atoms with Crippen LogP contribution in [0.3, 0.4) is 0 Å². The van der Waals surface area contributed by atoms with Crippen molar-refractivity contribution in [2.24, 2.45) is 0 Å². The van der Waals surface area contributed by atoms with E-state index in [4.69, 9.17) is 28.9 Å². The molecular weight excluding hydrogens is 322 g/mol. The molecule has 0 unspecified atom stereocenters. The van der Waals surface area contributed by atoms with Crippen LogP contribution in [0, 0.1) is 5.82 Å². The number of nitrogens with two attached hydrogens (primary N) is 1. The first-order valence-corrected chi connectivity index (χ1v) is 6.98. The lowest BCUT2D eigenvalue weighted by molar-refractivity contribution is 0.633. The Bertz CT molecular complexity index is 805. The second-order valence-electron chi connectivity index (χ2n) is 4.00. The number of anilines is 3. The van der Waals surface area contributed by atoms with Crippen LogP contribution < -0.4 is 11.1 Å². The number of halogens is 3. The highest BCUT2D eigenvalue weighted by molar-refractivity contribution is 7.00. The van der Waals surface area contributed by atoms with Crippen molar-refractivity contribution in [3.63, 3.8) is 0 Å². The first-order chi connectivity index (χ1) is 9.58. The van der Waals surface area contributed by atoms with Gasteiger partial charge in [-0.25, -0.2) is 4.39 Å². The monoisotopic (exact) mass is 328 g/mol. The SMILES string of the molecule is Nc1c(F)cccc1Nc1c(Cl)cc(Cl)c2nsnc12. The summed E-state index contributed by atoms with van der Waals surface area (Å²) >= 11 is 13.2. The Morgan fingerprint density at radius 3 is 2.70 bits per heavy atom. The van der Waals surface area contributed by atoms with E-state index in [1.165, 1.54) is 6.07 Å². The van der Waals surface area contributed by atoms with Crippen molar-refractivity contribution in [3.8, 4) is 0 Å². The predicted octanol–water partition coefficient (Wildman–Crippen LogP) is 4.46. The van der Waals surface area contributed by atoms with Crippen molar-refractivity contribution < 1.29 is 4.39 Å². The van der Waals surface area contributed by atoms with Gasteiger partial charge in [-0.1, -0.05) is 29.3 Å². The molecule has 102 valence electrons. The van der Waals surface area contributed by atoms with Gasteiger partial charge in [0.15, 0.2) is 0 Å². The van der Waals surface area contributed by atoms with Crippen LogP contribution in [-0.2, 0) is 0 Å². The maximum atomic E-state index is 13.5. The van der Waals surface area contributed by atoms with Crippen molar-refractivity contribution in [3.05, 3.63) is 40.1 Å². The Morgan fingerprint density at radius 2 is 1.90 bits per heavy atom. The quantitative estimate of drug-likeness (QED) is 0.681. The van der Waals surface area contributed by atoms with Crippen molar-refractivity contribution in [2.75, 3.05) is 11.1 Å². The van der Waals surface area contributed by atoms with E-state index in [2.05, 4.69) is 14.1 Å². The zero-order valence-corrected chi connectivity index (χ0v) is 12.2. The number of nitrogen functional groups attached to an aromatic ring is 1. The zero-order chi connectivity index (χ0) is 14.3. The smallest absolute Gasteiger partial charge is 0.148 e. The van der Waals surface area contributed by atoms with Crippen molar-refractivity contribution in [2.45, 2.75) is 0 Å². The summed E-state index contributed by atoms with van der Waals surface area (Å²) in [4.78, 5) is 0. The number of fused-ring (bicyclic) bond motifs is 1. The Morgan fingerprint density at radius 1 is 1.15 bits per heavy atom. The Kier molecular flexibility index (Phi) is 3.37. The molecule has 3 N–H and O–H groups in total. The van der Waals surface area contributed by atoms with Gasteiger partial charge in [0.1, 0.15) is 16.9 Å². The minimum Gasteiger partial charge on any atom is -0.395 e. The number of para-hydroxylation sites is 1. The van der Waals surface area contributed by atoms with Gasteiger partial charge in [-0.2, -0.15) is 8.75 Å². The van der Waals surface area contributed by atoms with Gasteiger partial charge in [-0.05, 0) is 18.2 Å². The third-order valence-corrected chi connectivity index (χ3v) is 3.87. The van der Waals surface area contributed by atoms with Gasteiger partial charge in [-0.3, -0.25) is 0 Å². The Labute approximate surface area is 127 Å². The molecule has 0 aliphatic heterocycles. The molecular formula is C12H7Cl2FN4S. The fourth-order valence-corrected chi connectivity index (χ4v) is 2.93. The molecule has 8 heteroatoms. The molecule has 0 saturated heterocycles. The lowest BCUT2D eigenvalue weighted by atomic mass is 10.2. The van der Waals surface area contributed by atoms with E-state index >= 15 is 0 Å². The summed E-state index contributed by atoms with van der Waals surface area (Å²) in [5.74, 6) is -0.507. The van der Waals surface area contributed by atoms with Gasteiger partial charge in [0.05, 0.1) is 38.8 Å². The largest absolute Gasteiger partial charge is 0.395 e. The minimum atomic E-state index is -0.507. The van der Waals surface area contributed by atoms with Gasteiger partial charge < -0.3 is 11.1 Å². The molecule has 0 atom stereocenters. The number of hydrogen-bond acceptors (Lipinski definition) is 5. The maximum absolute atomic E-state index is 13.5. The number of rotatable bonds is 2. The van der Waals surface area contributed by atoms with Crippen LogP contribution >= 0.6 is 34.9 Å². The number of nitrogens with one attached hydrogen (secondary N) is 1. The standard InChI is InChI=1S/C12H7Cl2FN4S/c13-5-4-6(14)11-12(19-20-18-11)10(5)17-8-3-1-2-7(15)9(8)16/h1-4,17H,16H2. The van der Waals surface area contributed by atoms with Crippen molar-refractivity contribution in [1.29, 1.82) is 0 Å². The lowest BCUT2D eigenvalue weighted by Crippen LogP contribution is -2.00. The number of nitrogens with zero attached hydrogens (tertiary/aromatic N) is 2. The lowest BCUT2D eigenvalue weighted by Gasteiger charge is -2.12. The van der Waals surface area contributed by atoms with E-state index in [1.54, 1.807) is 18.2 Å². The number of aromatic nitrogens is 2. The molecule has 20 heavy (non-hydrogen) atoms. The molecule has 0 amide bonds. The third kappa shape index (κ3) is 2.15. The molecule has 0 saturated carbocycles. The topological polar surface area (TPSA) is 63.8 Å². The molecule has 0 bridgehead atoms.